The van der Waals surface area contributed by atoms with Gasteiger partial charge in [-0.1, -0.05) is 49.8 Å². The molecule has 0 amide bonds. The van der Waals surface area contributed by atoms with Crippen molar-refractivity contribution in [3.63, 3.8) is 0 Å². The molecular weight excluding hydrogens is 386 g/mol. The van der Waals surface area contributed by atoms with Gasteiger partial charge in [0.1, 0.15) is 5.78 Å². The predicted molar refractivity (Wildman–Crippen MR) is 127 cm³/mol. The van der Waals surface area contributed by atoms with Crippen LogP contribution in [0.25, 0.3) is 0 Å². The topological polar surface area (TPSA) is 29.1 Å². The van der Waals surface area contributed by atoms with Crippen molar-refractivity contribution in [1.29, 1.82) is 0 Å². The zero-order chi connectivity index (χ0) is 20.7. The second-order valence-corrected chi connectivity index (χ2v) is 12.0. The molecule has 0 spiro atoms. The number of benzene rings is 1. The average molecular weight is 420 g/mol. The van der Waals surface area contributed by atoms with Crippen molar-refractivity contribution in [2.24, 2.45) is 28.6 Å². The van der Waals surface area contributed by atoms with Gasteiger partial charge in [-0.15, -0.1) is 11.4 Å². The van der Waals surface area contributed by atoms with E-state index < -0.39 is 0 Å². The molecule has 0 bridgehead atoms. The molecule has 2 nitrogen and oxygen atoms in total. The van der Waals surface area contributed by atoms with Crippen molar-refractivity contribution in [3.8, 4) is 0 Å². The summed E-state index contributed by atoms with van der Waals surface area (Å²) in [5.74, 6) is 2.62. The molecule has 1 aliphatic heterocycles. The maximum absolute atomic E-state index is 12.7. The van der Waals surface area contributed by atoms with Crippen molar-refractivity contribution in [2.75, 3.05) is 0 Å². The van der Waals surface area contributed by atoms with Gasteiger partial charge < -0.3 is 5.32 Å². The lowest BCUT2D eigenvalue weighted by Gasteiger charge is -2.56. The molecule has 1 aromatic rings. The Morgan fingerprint density at radius 3 is 2.57 bits per heavy atom. The molecule has 2 fully saturated rings. The van der Waals surface area contributed by atoms with E-state index in [1.165, 1.54) is 52.4 Å². The van der Waals surface area contributed by atoms with Gasteiger partial charge in [-0.25, -0.2) is 0 Å². The maximum atomic E-state index is 12.7. The van der Waals surface area contributed by atoms with E-state index in [-0.39, 0.29) is 10.8 Å². The van der Waals surface area contributed by atoms with Gasteiger partial charge in [0, 0.05) is 28.0 Å². The van der Waals surface area contributed by atoms with Crippen LogP contribution in [0.3, 0.4) is 0 Å². The number of hydrogen-bond acceptors (Lipinski definition) is 2. The van der Waals surface area contributed by atoms with E-state index in [0.717, 1.165) is 31.6 Å². The Morgan fingerprint density at radius 1 is 1.00 bits per heavy atom. The number of rotatable bonds is 1. The maximum Gasteiger partial charge on any atom is 0.139 e. The molecule has 30 heavy (non-hydrogen) atoms. The van der Waals surface area contributed by atoms with Crippen molar-refractivity contribution in [2.45, 2.75) is 65.7 Å². The lowest BCUT2D eigenvalue weighted by Crippen LogP contribution is -2.49. The number of carbonyl (C=O) groups excluding carboxylic acids is 1. The standard InChI is InChI=1S/C27H33NOS/c1-16-4-6-17(7-5-16)25-28-22-13-15-26(2)20-12-14-27(3)19(10-11-23(27)29)18(20)8-9-21(26)24(22)30-25/h4-7,9,18-20,28,30H,8,10-15H2,1-3H3/t18-,19-,20-,26+,27-/m0/s1. The van der Waals surface area contributed by atoms with Crippen molar-refractivity contribution in [3.05, 3.63) is 57.6 Å². The van der Waals surface area contributed by atoms with Crippen LogP contribution in [0, 0.1) is 35.5 Å². The Kier molecular flexibility index (Phi) is 4.11. The monoisotopic (exact) mass is 419 g/mol. The predicted octanol–water partition coefficient (Wildman–Crippen LogP) is 5.90. The first kappa shape index (κ1) is 19.1. The van der Waals surface area contributed by atoms with Crippen LogP contribution in [0.2, 0.25) is 0 Å². The Bertz CT molecular complexity index is 1030. The van der Waals surface area contributed by atoms with Crippen molar-refractivity contribution < 1.29 is 4.79 Å². The van der Waals surface area contributed by atoms with Gasteiger partial charge in [0.2, 0.25) is 0 Å². The third kappa shape index (κ3) is 2.51. The second kappa shape index (κ2) is 6.45. The van der Waals surface area contributed by atoms with Crippen LogP contribution in [0.4, 0.5) is 0 Å². The van der Waals surface area contributed by atoms with Crippen molar-refractivity contribution >= 4 is 22.1 Å². The highest BCUT2D eigenvalue weighted by atomic mass is 32.1. The molecule has 1 aromatic carbocycles. The number of ketones is 1. The smallest absolute Gasteiger partial charge is 0.139 e. The molecule has 2 saturated carbocycles. The molecule has 0 unspecified atom stereocenters. The van der Waals surface area contributed by atoms with Gasteiger partial charge in [0.25, 0.3) is 0 Å². The number of carbonyl (C=O) groups is 1. The number of allylic oxidation sites excluding steroid dienone is 3. The van der Waals surface area contributed by atoms with Crippen molar-refractivity contribution in [1.82, 2.24) is 5.32 Å². The number of hydrogen-bond donors (Lipinski definition) is 2. The molecule has 1 N–H and O–H groups in total. The fourth-order valence-electron chi connectivity index (χ4n) is 7.60. The molecule has 1 heterocycles. The fourth-order valence-corrected chi connectivity index (χ4v) is 9.06. The average Bonchev–Trinajstić information content (AvgIpc) is 3.29. The molecule has 158 valence electrons. The Hall–Kier alpha value is -1.61. The highest BCUT2D eigenvalue weighted by Crippen LogP contribution is 2.65. The third-order valence-electron chi connectivity index (χ3n) is 9.43. The van der Waals surface area contributed by atoms with E-state index in [0.29, 0.717) is 17.6 Å². The Labute approximate surface area is 184 Å². The number of thiol groups is 1. The van der Waals surface area contributed by atoms with Gasteiger partial charge in [-0.2, -0.15) is 0 Å². The molecule has 3 heteroatoms. The first-order valence-corrected chi connectivity index (χ1v) is 12.7. The van der Waals surface area contributed by atoms with Gasteiger partial charge in [0.15, 0.2) is 0 Å². The van der Waals surface area contributed by atoms with Crippen LogP contribution in [-0.4, -0.2) is 10.8 Å². The number of aryl methyl sites for hydroxylation is 1. The number of Topliss-reactive ketones (excluding diaryl/α,β-unsaturated/α-hetero) is 1. The minimum Gasteiger partial charge on any atom is -0.353 e. The van der Waals surface area contributed by atoms with Crippen LogP contribution >= 0.6 is 11.4 Å². The van der Waals surface area contributed by atoms with E-state index in [1.54, 1.807) is 10.5 Å². The minimum absolute atomic E-state index is 0.0263. The van der Waals surface area contributed by atoms with Crippen LogP contribution < -0.4 is 5.32 Å². The lowest BCUT2D eigenvalue weighted by atomic mass is 9.48. The van der Waals surface area contributed by atoms with E-state index in [4.69, 9.17) is 0 Å². The summed E-state index contributed by atoms with van der Waals surface area (Å²) in [6, 6.07) is 8.94. The largest absolute Gasteiger partial charge is 0.353 e. The number of nitrogens with one attached hydrogen (secondary N) is 1. The molecule has 6 rings (SSSR count). The summed E-state index contributed by atoms with van der Waals surface area (Å²) < 4.78 is 0. The van der Waals surface area contributed by atoms with Gasteiger partial charge in [-0.3, -0.25) is 4.79 Å². The summed E-state index contributed by atoms with van der Waals surface area (Å²) >= 11 is 1.35. The van der Waals surface area contributed by atoms with Gasteiger partial charge in [0.05, 0.1) is 4.99 Å². The van der Waals surface area contributed by atoms with Gasteiger partial charge >= 0.3 is 0 Å². The lowest BCUT2D eigenvalue weighted by molar-refractivity contribution is -0.131. The van der Waals surface area contributed by atoms with Crippen LogP contribution in [0.1, 0.15) is 69.9 Å². The zero-order valence-electron chi connectivity index (χ0n) is 18.4. The minimum atomic E-state index is -0.0263. The fraction of sp³-hybridized carbons (Fsp3) is 0.556. The van der Waals surface area contributed by atoms with Gasteiger partial charge in [-0.05, 0) is 74.2 Å². The number of fused-ring (bicyclic) bond motifs is 6. The normalized spacial score (nSPS) is 39.7. The third-order valence-corrected chi connectivity index (χ3v) is 10.8. The zero-order valence-corrected chi connectivity index (χ0v) is 19.3. The van der Waals surface area contributed by atoms with Crippen LogP contribution in [-0.2, 0) is 4.79 Å². The molecule has 0 radical (unpaired) electrons. The first-order valence-electron chi connectivity index (χ1n) is 11.8. The SMILES string of the molecule is Cc1ccc(C2=[SH]C3=C(CC[C@@]4(C)C3=CC[C@@H]3[C@@H]4CC[C@]4(C)C(=O)CC[C@@H]34)N2)cc1. The first-order chi connectivity index (χ1) is 14.4. The summed E-state index contributed by atoms with van der Waals surface area (Å²) in [5, 5.41) is 3.80. The molecule has 5 aliphatic rings. The van der Waals surface area contributed by atoms with Crippen LogP contribution in [0.5, 0.6) is 0 Å². The highest BCUT2D eigenvalue weighted by Gasteiger charge is 2.58. The summed E-state index contributed by atoms with van der Waals surface area (Å²) in [5.41, 5.74) is 5.99. The summed E-state index contributed by atoms with van der Waals surface area (Å²) in [4.78, 5) is 15.6. The quantitative estimate of drug-likeness (QED) is 0.439. The molecule has 0 aromatic heterocycles. The summed E-state index contributed by atoms with van der Waals surface area (Å²) in [6.45, 7) is 6.99. The van der Waals surface area contributed by atoms with Crippen LogP contribution in [0.15, 0.2) is 46.5 Å². The molecule has 5 atom stereocenters. The molecule has 0 saturated heterocycles. The second-order valence-electron chi connectivity index (χ2n) is 10.8. The summed E-state index contributed by atoms with van der Waals surface area (Å²) in [7, 11) is 0. The Morgan fingerprint density at radius 2 is 1.77 bits per heavy atom. The molecule has 4 aliphatic carbocycles. The van der Waals surface area contributed by atoms with E-state index in [2.05, 4.69) is 56.4 Å². The molecular formula is C27H33NOS. The Balaban J connectivity index is 1.36. The highest BCUT2D eigenvalue weighted by molar-refractivity contribution is 8.03. The van der Waals surface area contributed by atoms with E-state index in [9.17, 15) is 4.79 Å². The van der Waals surface area contributed by atoms with E-state index in [1.807, 2.05) is 0 Å². The van der Waals surface area contributed by atoms with E-state index >= 15 is 0 Å². The summed E-state index contributed by atoms with van der Waals surface area (Å²) in [6.07, 6.45) is 10.5.